The fraction of sp³-hybridized carbons (Fsp3) is 0.625. The van der Waals surface area contributed by atoms with Gasteiger partial charge in [-0.05, 0) is 49.9 Å². The number of hydrogen-bond acceptors (Lipinski definition) is 4. The summed E-state index contributed by atoms with van der Waals surface area (Å²) < 4.78 is 5.64. The molecular weight excluding hydrogens is 254 g/mol. The summed E-state index contributed by atoms with van der Waals surface area (Å²) in [6.07, 6.45) is 0.928. The summed E-state index contributed by atoms with van der Waals surface area (Å²) in [6.45, 7) is 6.74. The molecule has 1 saturated heterocycles. The smallest absolute Gasteiger partial charge is 0.119 e. The molecule has 20 heavy (non-hydrogen) atoms. The highest BCUT2D eigenvalue weighted by Crippen LogP contribution is 2.17. The maximum absolute atomic E-state index is 10.0. The average Bonchev–Trinajstić information content (AvgIpc) is 2.43. The van der Waals surface area contributed by atoms with Crippen LogP contribution in [0, 0.1) is 13.8 Å². The molecule has 0 spiro atoms. The number of aryl methyl sites for hydroxylation is 2. The van der Waals surface area contributed by atoms with Gasteiger partial charge in [-0.25, -0.2) is 0 Å². The van der Waals surface area contributed by atoms with E-state index in [1.54, 1.807) is 0 Å². The molecule has 0 saturated carbocycles. The van der Waals surface area contributed by atoms with Gasteiger partial charge in [-0.1, -0.05) is 6.07 Å². The van der Waals surface area contributed by atoms with Gasteiger partial charge in [-0.2, -0.15) is 0 Å². The van der Waals surface area contributed by atoms with Crippen molar-refractivity contribution in [1.29, 1.82) is 0 Å². The summed E-state index contributed by atoms with van der Waals surface area (Å²) in [5, 5.41) is 19.5. The largest absolute Gasteiger partial charge is 0.491 e. The molecule has 1 atom stereocenters. The second kappa shape index (κ2) is 7.07. The van der Waals surface area contributed by atoms with Crippen molar-refractivity contribution < 1.29 is 14.9 Å². The van der Waals surface area contributed by atoms with E-state index in [-0.39, 0.29) is 6.10 Å². The third kappa shape index (κ3) is 4.47. The normalized spacial score (nSPS) is 19.0. The van der Waals surface area contributed by atoms with Gasteiger partial charge in [0, 0.05) is 19.6 Å². The number of hydrogen-bond donors (Lipinski definition) is 2. The predicted molar refractivity (Wildman–Crippen MR) is 79.1 cm³/mol. The molecule has 1 fully saturated rings. The Bertz CT molecular complexity index is 428. The standard InChI is InChI=1S/C16H25NO3/c1-12-3-4-16(9-13(12)2)20-11-15(19)10-17-7-5-14(18)6-8-17/h3-4,9,14-15,18-19H,5-8,10-11H2,1-2H3. The molecule has 4 heteroatoms. The first-order valence-electron chi connectivity index (χ1n) is 7.33. The summed E-state index contributed by atoms with van der Waals surface area (Å²) >= 11 is 0. The first-order valence-corrected chi connectivity index (χ1v) is 7.33. The van der Waals surface area contributed by atoms with E-state index < -0.39 is 6.10 Å². The maximum Gasteiger partial charge on any atom is 0.119 e. The van der Waals surface area contributed by atoms with E-state index in [0.29, 0.717) is 13.2 Å². The van der Waals surface area contributed by atoms with E-state index in [0.717, 1.165) is 31.7 Å². The summed E-state index contributed by atoms with van der Waals surface area (Å²) in [7, 11) is 0. The van der Waals surface area contributed by atoms with Crippen LogP contribution in [0.15, 0.2) is 18.2 Å². The highest BCUT2D eigenvalue weighted by atomic mass is 16.5. The van der Waals surface area contributed by atoms with Crippen LogP contribution in [0.5, 0.6) is 5.75 Å². The van der Waals surface area contributed by atoms with Crippen LogP contribution >= 0.6 is 0 Å². The lowest BCUT2D eigenvalue weighted by molar-refractivity contribution is 0.0337. The zero-order valence-corrected chi connectivity index (χ0v) is 12.4. The van der Waals surface area contributed by atoms with Gasteiger partial charge in [0.15, 0.2) is 0 Å². The Morgan fingerprint density at radius 1 is 1.25 bits per heavy atom. The molecule has 1 aromatic carbocycles. The Kier molecular flexibility index (Phi) is 5.40. The van der Waals surface area contributed by atoms with Crippen LogP contribution in [0.3, 0.4) is 0 Å². The zero-order chi connectivity index (χ0) is 14.5. The van der Waals surface area contributed by atoms with Gasteiger partial charge in [0.05, 0.1) is 6.10 Å². The molecule has 0 bridgehead atoms. The van der Waals surface area contributed by atoms with E-state index in [4.69, 9.17) is 4.74 Å². The molecule has 2 rings (SSSR count). The van der Waals surface area contributed by atoms with Crippen molar-refractivity contribution in [3.63, 3.8) is 0 Å². The first kappa shape index (κ1) is 15.3. The highest BCUT2D eigenvalue weighted by Gasteiger charge is 2.19. The molecule has 1 aliphatic rings. The van der Waals surface area contributed by atoms with E-state index >= 15 is 0 Å². The second-order valence-electron chi connectivity index (χ2n) is 5.74. The number of rotatable bonds is 5. The Morgan fingerprint density at radius 2 is 1.95 bits per heavy atom. The van der Waals surface area contributed by atoms with E-state index in [1.807, 2.05) is 18.2 Å². The van der Waals surface area contributed by atoms with E-state index in [9.17, 15) is 10.2 Å². The van der Waals surface area contributed by atoms with Gasteiger partial charge < -0.3 is 19.8 Å². The number of benzene rings is 1. The summed E-state index contributed by atoms with van der Waals surface area (Å²) in [4.78, 5) is 2.18. The van der Waals surface area contributed by atoms with Crippen molar-refractivity contribution in [3.05, 3.63) is 29.3 Å². The number of aliphatic hydroxyl groups excluding tert-OH is 2. The van der Waals surface area contributed by atoms with Gasteiger partial charge >= 0.3 is 0 Å². The minimum absolute atomic E-state index is 0.171. The van der Waals surface area contributed by atoms with E-state index in [1.165, 1.54) is 11.1 Å². The van der Waals surface area contributed by atoms with Crippen molar-refractivity contribution in [2.75, 3.05) is 26.2 Å². The quantitative estimate of drug-likeness (QED) is 0.857. The van der Waals surface area contributed by atoms with Gasteiger partial charge in [0.25, 0.3) is 0 Å². The molecule has 0 aromatic heterocycles. The van der Waals surface area contributed by atoms with Gasteiger partial charge in [0.1, 0.15) is 18.5 Å². The number of β-amino-alcohol motifs (C(OH)–C–C–N with tert-alkyl or cyclic N) is 1. The van der Waals surface area contributed by atoms with Crippen LogP contribution < -0.4 is 4.74 Å². The Hall–Kier alpha value is -1.10. The van der Waals surface area contributed by atoms with Crippen LogP contribution in [-0.2, 0) is 0 Å². The Labute approximate surface area is 121 Å². The lowest BCUT2D eigenvalue weighted by atomic mass is 10.1. The Balaban J connectivity index is 1.74. The number of ether oxygens (including phenoxy) is 1. The number of aliphatic hydroxyl groups is 2. The molecule has 1 heterocycles. The third-order valence-corrected chi connectivity index (χ3v) is 3.95. The number of likely N-dealkylation sites (tertiary alicyclic amines) is 1. The second-order valence-corrected chi connectivity index (χ2v) is 5.74. The van der Waals surface area contributed by atoms with Gasteiger partial charge in [0.2, 0.25) is 0 Å². The molecule has 0 aliphatic carbocycles. The molecule has 0 radical (unpaired) electrons. The Morgan fingerprint density at radius 3 is 2.60 bits per heavy atom. The first-order chi connectivity index (χ1) is 9.54. The summed E-state index contributed by atoms with van der Waals surface area (Å²) in [5.41, 5.74) is 2.44. The third-order valence-electron chi connectivity index (χ3n) is 3.95. The average molecular weight is 279 g/mol. The van der Waals surface area contributed by atoms with Crippen LogP contribution in [0.4, 0.5) is 0 Å². The minimum atomic E-state index is -0.494. The lowest BCUT2D eigenvalue weighted by Gasteiger charge is -2.30. The number of nitrogens with zero attached hydrogens (tertiary/aromatic N) is 1. The molecule has 2 N–H and O–H groups in total. The van der Waals surface area contributed by atoms with Crippen molar-refractivity contribution in [1.82, 2.24) is 4.90 Å². The lowest BCUT2D eigenvalue weighted by Crippen LogP contribution is -2.41. The molecule has 4 nitrogen and oxygen atoms in total. The fourth-order valence-corrected chi connectivity index (χ4v) is 2.45. The minimum Gasteiger partial charge on any atom is -0.491 e. The molecular formula is C16H25NO3. The fourth-order valence-electron chi connectivity index (χ4n) is 2.45. The SMILES string of the molecule is Cc1ccc(OCC(O)CN2CCC(O)CC2)cc1C. The summed E-state index contributed by atoms with van der Waals surface area (Å²) in [5.74, 6) is 0.807. The van der Waals surface area contributed by atoms with Crippen LogP contribution in [-0.4, -0.2) is 53.6 Å². The van der Waals surface area contributed by atoms with Crippen molar-refractivity contribution in [2.45, 2.75) is 38.9 Å². The highest BCUT2D eigenvalue weighted by molar-refractivity contribution is 5.33. The molecule has 1 aliphatic heterocycles. The van der Waals surface area contributed by atoms with Crippen molar-refractivity contribution in [2.24, 2.45) is 0 Å². The zero-order valence-electron chi connectivity index (χ0n) is 12.4. The molecule has 1 unspecified atom stereocenters. The molecule has 0 amide bonds. The molecule has 112 valence electrons. The van der Waals surface area contributed by atoms with Crippen LogP contribution in [0.2, 0.25) is 0 Å². The maximum atomic E-state index is 10.0. The van der Waals surface area contributed by atoms with Crippen molar-refractivity contribution >= 4 is 0 Å². The molecule has 1 aromatic rings. The van der Waals surface area contributed by atoms with E-state index in [2.05, 4.69) is 18.7 Å². The van der Waals surface area contributed by atoms with Crippen LogP contribution in [0.25, 0.3) is 0 Å². The predicted octanol–water partition coefficient (Wildman–Crippen LogP) is 1.50. The monoisotopic (exact) mass is 279 g/mol. The summed E-state index contributed by atoms with van der Waals surface area (Å²) in [6, 6.07) is 5.97. The van der Waals surface area contributed by atoms with Crippen LogP contribution in [0.1, 0.15) is 24.0 Å². The number of piperidine rings is 1. The van der Waals surface area contributed by atoms with Crippen molar-refractivity contribution in [3.8, 4) is 5.75 Å². The van der Waals surface area contributed by atoms with Gasteiger partial charge in [-0.15, -0.1) is 0 Å². The van der Waals surface area contributed by atoms with Gasteiger partial charge in [-0.3, -0.25) is 0 Å². The topological polar surface area (TPSA) is 52.9 Å².